The van der Waals surface area contributed by atoms with E-state index in [-0.39, 0.29) is 33.4 Å². The minimum atomic E-state index is -1.57. The number of aliphatic hydroxyl groups excluding tert-OH is 6. The first-order valence-electron chi connectivity index (χ1n) is 26.1. The third kappa shape index (κ3) is 23.3. The maximum atomic E-state index is 11.4. The van der Waals surface area contributed by atoms with Crippen molar-refractivity contribution in [3.8, 4) is 11.5 Å². The molecular formula is C58H95N3O15. The molecule has 10 N–H and O–H groups in total. The van der Waals surface area contributed by atoms with Gasteiger partial charge in [-0.1, -0.05) is 31.2 Å². The molecule has 10 atom stereocenters. The second kappa shape index (κ2) is 27.0. The van der Waals surface area contributed by atoms with Gasteiger partial charge < -0.3 is 84.9 Å². The lowest BCUT2D eigenvalue weighted by Gasteiger charge is -2.40. The van der Waals surface area contributed by atoms with E-state index in [4.69, 9.17) is 33.2 Å². The van der Waals surface area contributed by atoms with Crippen molar-refractivity contribution in [2.24, 2.45) is 5.92 Å². The molecule has 0 spiro atoms. The molecule has 0 aromatic heterocycles. The monoisotopic (exact) mass is 1070 g/mol. The average Bonchev–Trinajstić information content (AvgIpc) is 3.27. The van der Waals surface area contributed by atoms with Crippen LogP contribution in [0.5, 0.6) is 11.5 Å². The minimum absolute atomic E-state index is 0.0810. The Morgan fingerprint density at radius 2 is 0.895 bits per heavy atom. The lowest BCUT2D eigenvalue weighted by Crippen LogP contribution is -2.60. The number of ether oxygens (including phenoxy) is 7. The zero-order chi connectivity index (χ0) is 57.9. The molecule has 2 heterocycles. The molecule has 76 heavy (non-hydrogen) atoms. The standard InChI is InChI=1S/C22H35NO7.C21H35NO7.C15H25NO/c1-12-16(24)17(25)18(19(26)27)30-20(12)29-15-9-8-13(11-28-22(5,6)7)10-14(15)23-21(2,3)4;1-20(2,3)22-13-9-12(11-27-21(4,5)6)7-8-14(13)28-19-18(26)17(25)16(24)15(10-23)29-19;1-14(2,3)16-13-9-7-12(8-10-13)11-17-15(4,5)6/h8-10,12,16-18,20,23-25H,11H2,1-7H3,(H,26,27);7-9,15-19,22-26H,10-11H2,1-6H3;7-10,16H,11H2,1-6H3. The maximum Gasteiger partial charge on any atom is 0.335 e. The quantitative estimate of drug-likeness (QED) is 0.0686. The molecule has 18 nitrogen and oxygen atoms in total. The summed E-state index contributed by atoms with van der Waals surface area (Å²) >= 11 is 0. The van der Waals surface area contributed by atoms with Crippen molar-refractivity contribution >= 4 is 23.0 Å². The van der Waals surface area contributed by atoms with Crippen molar-refractivity contribution in [2.75, 3.05) is 22.6 Å². The van der Waals surface area contributed by atoms with E-state index in [2.05, 4.69) is 81.8 Å². The molecule has 0 amide bonds. The van der Waals surface area contributed by atoms with Crippen LogP contribution >= 0.6 is 0 Å². The molecule has 3 aromatic rings. The first-order chi connectivity index (χ1) is 34.6. The minimum Gasteiger partial charge on any atom is -0.479 e. The molecule has 18 heteroatoms. The maximum absolute atomic E-state index is 11.4. The van der Waals surface area contributed by atoms with Crippen LogP contribution in [0.3, 0.4) is 0 Å². The van der Waals surface area contributed by atoms with Crippen molar-refractivity contribution < 1.29 is 73.7 Å². The summed E-state index contributed by atoms with van der Waals surface area (Å²) in [4.78, 5) is 11.4. The van der Waals surface area contributed by atoms with Crippen LogP contribution in [-0.2, 0) is 48.3 Å². The molecule has 0 saturated carbocycles. The summed E-state index contributed by atoms with van der Waals surface area (Å²) < 4.78 is 40.2. The number of aliphatic carboxylic acids is 1. The van der Waals surface area contributed by atoms with Gasteiger partial charge in [0, 0.05) is 28.2 Å². The van der Waals surface area contributed by atoms with Gasteiger partial charge in [-0.25, -0.2) is 4.79 Å². The molecule has 0 radical (unpaired) electrons. The Kier molecular flexibility index (Phi) is 23.5. The molecule has 2 aliphatic heterocycles. The second-order valence-corrected chi connectivity index (χ2v) is 25.7. The van der Waals surface area contributed by atoms with Crippen LogP contribution in [0, 0.1) is 5.92 Å². The number of carbonyl (C=O) groups is 1. The summed E-state index contributed by atoms with van der Waals surface area (Å²) in [5.41, 5.74) is 4.54. The first kappa shape index (κ1) is 66.0. The lowest BCUT2D eigenvalue weighted by atomic mass is 9.92. The van der Waals surface area contributed by atoms with Crippen molar-refractivity contribution in [2.45, 2.75) is 240 Å². The predicted octanol–water partition coefficient (Wildman–Crippen LogP) is 8.36. The van der Waals surface area contributed by atoms with E-state index in [1.165, 1.54) is 5.56 Å². The highest BCUT2D eigenvalue weighted by Crippen LogP contribution is 2.36. The van der Waals surface area contributed by atoms with E-state index < -0.39 is 73.8 Å². The van der Waals surface area contributed by atoms with E-state index in [9.17, 15) is 40.5 Å². The fourth-order valence-corrected chi connectivity index (χ4v) is 7.31. The van der Waals surface area contributed by atoms with Crippen LogP contribution in [0.1, 0.15) is 148 Å². The van der Waals surface area contributed by atoms with Gasteiger partial charge in [-0.2, -0.15) is 0 Å². The zero-order valence-corrected chi connectivity index (χ0v) is 48.8. The van der Waals surface area contributed by atoms with Crippen molar-refractivity contribution in [1.82, 2.24) is 0 Å². The Morgan fingerprint density at radius 1 is 0.500 bits per heavy atom. The summed E-state index contributed by atoms with van der Waals surface area (Å²) in [6, 6.07) is 19.5. The van der Waals surface area contributed by atoms with Crippen LogP contribution in [0.25, 0.3) is 0 Å². The van der Waals surface area contributed by atoms with Gasteiger partial charge in [-0.15, -0.1) is 0 Å². The number of aliphatic hydroxyl groups is 6. The molecular weight excluding hydrogens is 979 g/mol. The van der Waals surface area contributed by atoms with E-state index in [0.717, 1.165) is 16.8 Å². The molecule has 0 bridgehead atoms. The highest BCUT2D eigenvalue weighted by atomic mass is 16.7. The number of benzene rings is 3. The summed E-state index contributed by atoms with van der Waals surface area (Å²) in [6.07, 6.45) is -12.1. The summed E-state index contributed by atoms with van der Waals surface area (Å²) in [6.45, 7) is 39.3. The zero-order valence-electron chi connectivity index (χ0n) is 48.8. The molecule has 5 rings (SSSR count). The number of carboxylic acid groups (broad SMARTS) is 1. The van der Waals surface area contributed by atoms with Crippen LogP contribution in [0.2, 0.25) is 0 Å². The third-order valence-electron chi connectivity index (χ3n) is 11.1. The fourth-order valence-electron chi connectivity index (χ4n) is 7.31. The highest BCUT2D eigenvalue weighted by molar-refractivity contribution is 5.73. The highest BCUT2D eigenvalue weighted by Gasteiger charge is 2.47. The van der Waals surface area contributed by atoms with Crippen molar-refractivity contribution in [3.05, 3.63) is 77.4 Å². The van der Waals surface area contributed by atoms with Gasteiger partial charge in [0.25, 0.3) is 0 Å². The Balaban J connectivity index is 0.000000312. The van der Waals surface area contributed by atoms with E-state index in [1.807, 2.05) is 107 Å². The number of anilines is 3. The molecule has 0 aliphatic carbocycles. The first-order valence-corrected chi connectivity index (χ1v) is 26.1. The predicted molar refractivity (Wildman–Crippen MR) is 296 cm³/mol. The Bertz CT molecular complexity index is 2230. The summed E-state index contributed by atoms with van der Waals surface area (Å²) in [5, 5.41) is 79.2. The topological polar surface area (TPSA) is 259 Å². The normalized spacial score (nSPS) is 24.5. The Morgan fingerprint density at radius 3 is 1.28 bits per heavy atom. The molecule has 2 fully saturated rings. The van der Waals surface area contributed by atoms with Gasteiger partial charge in [-0.3, -0.25) is 0 Å². The molecule has 2 aliphatic rings. The summed E-state index contributed by atoms with van der Waals surface area (Å²) in [5.74, 6) is -1.13. The molecule has 432 valence electrons. The van der Waals surface area contributed by atoms with E-state index in [1.54, 1.807) is 19.1 Å². The Labute approximate surface area is 452 Å². The number of carboxylic acids is 1. The third-order valence-corrected chi connectivity index (χ3v) is 11.1. The molecule has 3 aromatic carbocycles. The van der Waals surface area contributed by atoms with Crippen LogP contribution in [-0.4, -0.2) is 137 Å². The smallest absolute Gasteiger partial charge is 0.335 e. The van der Waals surface area contributed by atoms with Gasteiger partial charge in [0.2, 0.25) is 12.6 Å². The van der Waals surface area contributed by atoms with Gasteiger partial charge >= 0.3 is 5.97 Å². The van der Waals surface area contributed by atoms with E-state index >= 15 is 0 Å². The van der Waals surface area contributed by atoms with Crippen LogP contribution in [0.4, 0.5) is 17.1 Å². The van der Waals surface area contributed by atoms with Crippen LogP contribution < -0.4 is 25.4 Å². The second-order valence-electron chi connectivity index (χ2n) is 25.7. The largest absolute Gasteiger partial charge is 0.479 e. The lowest BCUT2D eigenvalue weighted by molar-refractivity contribution is -0.277. The van der Waals surface area contributed by atoms with Crippen molar-refractivity contribution in [1.29, 1.82) is 0 Å². The number of nitrogens with one attached hydrogen (secondary N) is 3. The number of rotatable bonds is 15. The van der Waals surface area contributed by atoms with Gasteiger partial charge in [0.1, 0.15) is 42.0 Å². The SMILES string of the molecule is CC(C)(C)Nc1cc(COC(C)(C)C)ccc1OC1OC(CO)C(O)C(O)C1O.CC(C)(C)Nc1ccc(COC(C)(C)C)cc1.CC1C(Oc2ccc(COC(C)(C)C)cc2NC(C)(C)C)OC(C(=O)O)C(O)C1O. The Hall–Kier alpha value is -4.31. The fraction of sp³-hybridized carbons (Fsp3) is 0.672. The number of hydrogen-bond acceptors (Lipinski definition) is 17. The molecule has 10 unspecified atom stereocenters. The average molecular weight is 1070 g/mol. The summed E-state index contributed by atoms with van der Waals surface area (Å²) in [7, 11) is 0. The van der Waals surface area contributed by atoms with Crippen LogP contribution in [0.15, 0.2) is 60.7 Å². The van der Waals surface area contributed by atoms with Crippen molar-refractivity contribution in [3.63, 3.8) is 0 Å². The number of hydrogen-bond donors (Lipinski definition) is 10. The van der Waals surface area contributed by atoms with Gasteiger partial charge in [0.05, 0.1) is 60.7 Å². The molecule has 2 saturated heterocycles. The van der Waals surface area contributed by atoms with E-state index in [0.29, 0.717) is 42.7 Å². The van der Waals surface area contributed by atoms with Gasteiger partial charge in [-0.05, 0) is 178 Å². The van der Waals surface area contributed by atoms with Gasteiger partial charge in [0.15, 0.2) is 6.10 Å².